The normalized spacial score (nSPS) is 46.1. The minimum Gasteiger partial charge on any atom is -0.399 e. The van der Waals surface area contributed by atoms with Gasteiger partial charge in [-0.3, -0.25) is 0 Å². The summed E-state index contributed by atoms with van der Waals surface area (Å²) in [7, 11) is 1.59. The van der Waals surface area contributed by atoms with Crippen molar-refractivity contribution in [3.05, 3.63) is 0 Å². The van der Waals surface area contributed by atoms with E-state index in [4.69, 9.17) is 4.84 Å². The molecule has 4 fully saturated rings. The van der Waals surface area contributed by atoms with Crippen molar-refractivity contribution in [1.29, 1.82) is 0 Å². The molecule has 0 radical (unpaired) electrons. The van der Waals surface area contributed by atoms with Crippen LogP contribution in [0.3, 0.4) is 0 Å². The Bertz CT molecular complexity index is 300. The van der Waals surface area contributed by atoms with Gasteiger partial charge in [0.05, 0.1) is 11.8 Å². The SMILES string of the molecule is CO/N=C(\C(C)O)C12CC3CC(CC(C3)C1)C2. The molecule has 0 saturated heterocycles. The monoisotopic (exact) mass is 237 g/mol. The average Bonchev–Trinajstić information content (AvgIpc) is 2.23. The van der Waals surface area contributed by atoms with Gasteiger partial charge < -0.3 is 9.94 Å². The molecule has 4 aliphatic rings. The number of aliphatic hydroxyl groups is 1. The molecule has 1 unspecified atom stereocenters. The van der Waals surface area contributed by atoms with Gasteiger partial charge in [-0.1, -0.05) is 5.16 Å². The van der Waals surface area contributed by atoms with Gasteiger partial charge in [0.2, 0.25) is 0 Å². The lowest BCUT2D eigenvalue weighted by Crippen LogP contribution is -2.52. The van der Waals surface area contributed by atoms with Crippen LogP contribution >= 0.6 is 0 Å². The Kier molecular flexibility index (Phi) is 2.69. The lowest BCUT2D eigenvalue weighted by Gasteiger charge is -2.57. The highest BCUT2D eigenvalue weighted by molar-refractivity contribution is 5.93. The predicted molar refractivity (Wildman–Crippen MR) is 66.7 cm³/mol. The van der Waals surface area contributed by atoms with Crippen LogP contribution in [0.2, 0.25) is 0 Å². The van der Waals surface area contributed by atoms with Gasteiger partial charge in [-0.05, 0) is 63.2 Å². The molecular weight excluding hydrogens is 214 g/mol. The Balaban J connectivity index is 1.92. The topological polar surface area (TPSA) is 41.8 Å². The van der Waals surface area contributed by atoms with Crippen LogP contribution in [0.15, 0.2) is 5.16 Å². The molecule has 96 valence electrons. The molecule has 0 aliphatic heterocycles. The van der Waals surface area contributed by atoms with Gasteiger partial charge >= 0.3 is 0 Å². The summed E-state index contributed by atoms with van der Waals surface area (Å²) in [5.41, 5.74) is 1.08. The van der Waals surface area contributed by atoms with Gasteiger partial charge in [-0.2, -0.15) is 0 Å². The van der Waals surface area contributed by atoms with Gasteiger partial charge in [0.25, 0.3) is 0 Å². The maximum Gasteiger partial charge on any atom is 0.106 e. The Morgan fingerprint density at radius 3 is 2.00 bits per heavy atom. The van der Waals surface area contributed by atoms with Gasteiger partial charge in [0.15, 0.2) is 0 Å². The van der Waals surface area contributed by atoms with E-state index in [1.165, 1.54) is 38.5 Å². The lowest BCUT2D eigenvalue weighted by molar-refractivity contribution is -0.0191. The van der Waals surface area contributed by atoms with Crippen molar-refractivity contribution in [3.63, 3.8) is 0 Å². The first-order chi connectivity index (χ1) is 8.13. The zero-order chi connectivity index (χ0) is 12.0. The van der Waals surface area contributed by atoms with Gasteiger partial charge in [0.1, 0.15) is 7.11 Å². The van der Waals surface area contributed by atoms with E-state index < -0.39 is 6.10 Å². The summed E-state index contributed by atoms with van der Waals surface area (Å²) in [6.45, 7) is 1.83. The summed E-state index contributed by atoms with van der Waals surface area (Å²) in [6.07, 6.45) is 7.47. The molecule has 0 aromatic carbocycles. The summed E-state index contributed by atoms with van der Waals surface area (Å²) < 4.78 is 0. The Hall–Kier alpha value is -0.570. The molecule has 3 heteroatoms. The van der Waals surface area contributed by atoms with Crippen molar-refractivity contribution < 1.29 is 9.94 Å². The molecule has 0 spiro atoms. The zero-order valence-corrected chi connectivity index (χ0v) is 10.9. The van der Waals surface area contributed by atoms with E-state index in [-0.39, 0.29) is 5.41 Å². The third-order valence-corrected chi connectivity index (χ3v) is 5.17. The Labute approximate surface area is 103 Å². The van der Waals surface area contributed by atoms with E-state index >= 15 is 0 Å². The van der Waals surface area contributed by atoms with E-state index in [9.17, 15) is 5.11 Å². The van der Waals surface area contributed by atoms with Crippen LogP contribution in [0.25, 0.3) is 0 Å². The molecule has 0 aromatic heterocycles. The third-order valence-electron chi connectivity index (χ3n) is 5.17. The first-order valence-electron chi connectivity index (χ1n) is 6.92. The van der Waals surface area contributed by atoms with Crippen LogP contribution in [-0.2, 0) is 4.84 Å². The van der Waals surface area contributed by atoms with Crippen molar-refractivity contribution in [2.24, 2.45) is 28.3 Å². The third kappa shape index (κ3) is 1.79. The summed E-state index contributed by atoms with van der Waals surface area (Å²) >= 11 is 0. The smallest absolute Gasteiger partial charge is 0.106 e. The molecule has 0 aromatic rings. The minimum absolute atomic E-state index is 0.166. The van der Waals surface area contributed by atoms with Gasteiger partial charge in [0, 0.05) is 5.41 Å². The molecule has 1 N–H and O–H groups in total. The summed E-state index contributed by atoms with van der Waals surface area (Å²) in [5, 5.41) is 14.2. The van der Waals surface area contributed by atoms with Crippen molar-refractivity contribution in [2.45, 2.75) is 51.6 Å². The average molecular weight is 237 g/mol. The van der Waals surface area contributed by atoms with E-state index in [1.807, 2.05) is 6.92 Å². The van der Waals surface area contributed by atoms with E-state index in [0.29, 0.717) is 0 Å². The highest BCUT2D eigenvalue weighted by Crippen LogP contribution is 2.60. The second-order valence-corrected chi connectivity index (χ2v) is 6.53. The first kappa shape index (κ1) is 11.5. The molecule has 4 aliphatic carbocycles. The summed E-state index contributed by atoms with van der Waals surface area (Å²) in [5.74, 6) is 2.63. The molecule has 4 rings (SSSR count). The molecule has 0 heterocycles. The number of aliphatic hydroxyl groups excluding tert-OH is 1. The van der Waals surface area contributed by atoms with Crippen LogP contribution in [0, 0.1) is 23.2 Å². The Morgan fingerprint density at radius 1 is 1.18 bits per heavy atom. The van der Waals surface area contributed by atoms with E-state index in [1.54, 1.807) is 7.11 Å². The molecular formula is C14H23NO2. The molecule has 4 saturated carbocycles. The van der Waals surface area contributed by atoms with Crippen LogP contribution in [-0.4, -0.2) is 24.0 Å². The van der Waals surface area contributed by atoms with Gasteiger partial charge in [-0.25, -0.2) is 0 Å². The predicted octanol–water partition coefficient (Wildman–Crippen LogP) is 2.59. The van der Waals surface area contributed by atoms with E-state index in [2.05, 4.69) is 5.16 Å². The second kappa shape index (κ2) is 3.98. The largest absolute Gasteiger partial charge is 0.399 e. The summed E-state index contributed by atoms with van der Waals surface area (Å²) in [4.78, 5) is 4.98. The maximum absolute atomic E-state index is 9.99. The molecule has 0 amide bonds. The molecule has 17 heavy (non-hydrogen) atoms. The molecule has 1 atom stereocenters. The van der Waals surface area contributed by atoms with Crippen molar-refractivity contribution >= 4 is 5.71 Å². The fourth-order valence-corrected chi connectivity index (χ4v) is 5.14. The van der Waals surface area contributed by atoms with Crippen LogP contribution in [0.1, 0.15) is 45.4 Å². The number of nitrogens with zero attached hydrogens (tertiary/aromatic N) is 1. The lowest BCUT2D eigenvalue weighted by atomic mass is 9.48. The number of rotatable bonds is 3. The number of hydrogen-bond acceptors (Lipinski definition) is 3. The number of hydrogen-bond donors (Lipinski definition) is 1. The molecule has 4 bridgehead atoms. The minimum atomic E-state index is -0.466. The second-order valence-electron chi connectivity index (χ2n) is 6.53. The zero-order valence-electron chi connectivity index (χ0n) is 10.9. The van der Waals surface area contributed by atoms with E-state index in [0.717, 1.165) is 23.5 Å². The highest BCUT2D eigenvalue weighted by atomic mass is 16.6. The van der Waals surface area contributed by atoms with Gasteiger partial charge in [-0.15, -0.1) is 0 Å². The molecule has 3 nitrogen and oxygen atoms in total. The Morgan fingerprint density at radius 2 is 1.65 bits per heavy atom. The first-order valence-corrected chi connectivity index (χ1v) is 6.92. The quantitative estimate of drug-likeness (QED) is 0.605. The van der Waals surface area contributed by atoms with Crippen LogP contribution < -0.4 is 0 Å². The summed E-state index contributed by atoms with van der Waals surface area (Å²) in [6, 6.07) is 0. The van der Waals surface area contributed by atoms with Crippen molar-refractivity contribution in [3.8, 4) is 0 Å². The standard InChI is InChI=1S/C14H23NO2/c1-9(16)13(15-17-2)14-6-10-3-11(7-14)5-12(4-10)8-14/h9-12,16H,3-8H2,1-2H3/b15-13+. The van der Waals surface area contributed by atoms with Crippen LogP contribution in [0.4, 0.5) is 0 Å². The maximum atomic E-state index is 9.99. The number of oxime groups is 1. The highest BCUT2D eigenvalue weighted by Gasteiger charge is 2.54. The van der Waals surface area contributed by atoms with Crippen LogP contribution in [0.5, 0.6) is 0 Å². The fourth-order valence-electron chi connectivity index (χ4n) is 5.14. The van der Waals surface area contributed by atoms with Crippen molar-refractivity contribution in [2.75, 3.05) is 7.11 Å². The fraction of sp³-hybridized carbons (Fsp3) is 0.929. The van der Waals surface area contributed by atoms with Crippen molar-refractivity contribution in [1.82, 2.24) is 0 Å².